The number of benzene rings is 2. The van der Waals surface area contributed by atoms with Gasteiger partial charge < -0.3 is 9.47 Å². The van der Waals surface area contributed by atoms with Gasteiger partial charge in [-0.15, -0.1) is 11.3 Å². The van der Waals surface area contributed by atoms with Crippen LogP contribution in [0.1, 0.15) is 5.56 Å². The largest absolute Gasteiger partial charge is 0.454 e. The van der Waals surface area contributed by atoms with Gasteiger partial charge in [0.05, 0.1) is 18.3 Å². The number of halogens is 1. The molecule has 5 rings (SSSR count). The van der Waals surface area contributed by atoms with Gasteiger partial charge in [-0.1, -0.05) is 18.2 Å². The molecule has 1 aliphatic heterocycles. The number of ether oxygens (including phenoxy) is 2. The van der Waals surface area contributed by atoms with Crippen molar-refractivity contribution < 1.29 is 13.9 Å². The van der Waals surface area contributed by atoms with Crippen LogP contribution in [0.2, 0.25) is 0 Å². The Morgan fingerprint density at radius 3 is 2.78 bits per heavy atom. The summed E-state index contributed by atoms with van der Waals surface area (Å²) >= 11 is 1.40. The normalized spacial score (nSPS) is 12.6. The van der Waals surface area contributed by atoms with Crippen molar-refractivity contribution in [2.75, 3.05) is 6.79 Å². The molecule has 0 unspecified atom stereocenters. The van der Waals surface area contributed by atoms with Crippen LogP contribution in [0, 0.1) is 5.82 Å². The molecule has 2 aromatic heterocycles. The van der Waals surface area contributed by atoms with Crippen molar-refractivity contribution in [3.05, 3.63) is 75.9 Å². The Kier molecular flexibility index (Phi) is 3.68. The highest BCUT2D eigenvalue weighted by Crippen LogP contribution is 2.33. The molecular weight excluding hydrogens is 367 g/mol. The van der Waals surface area contributed by atoms with Crippen molar-refractivity contribution in [2.24, 2.45) is 0 Å². The summed E-state index contributed by atoms with van der Waals surface area (Å²) in [5, 5.41) is 2.44. The van der Waals surface area contributed by atoms with Gasteiger partial charge in [-0.25, -0.2) is 9.37 Å². The maximum Gasteiger partial charge on any atom is 0.263 e. The lowest BCUT2D eigenvalue weighted by molar-refractivity contribution is 0.174. The number of aromatic nitrogens is 2. The highest BCUT2D eigenvalue weighted by atomic mass is 32.1. The monoisotopic (exact) mass is 380 g/mol. The van der Waals surface area contributed by atoms with E-state index in [4.69, 9.17) is 9.47 Å². The fourth-order valence-corrected chi connectivity index (χ4v) is 4.06. The second kappa shape index (κ2) is 6.21. The molecule has 4 aromatic rings. The summed E-state index contributed by atoms with van der Waals surface area (Å²) in [5.41, 5.74) is 2.36. The minimum absolute atomic E-state index is 0.127. The predicted molar refractivity (Wildman–Crippen MR) is 101 cm³/mol. The molecule has 0 saturated carbocycles. The lowest BCUT2D eigenvalue weighted by atomic mass is 10.1. The first-order valence-corrected chi connectivity index (χ1v) is 9.18. The van der Waals surface area contributed by atoms with E-state index in [1.807, 2.05) is 23.6 Å². The van der Waals surface area contributed by atoms with Crippen LogP contribution in [-0.4, -0.2) is 16.3 Å². The SMILES string of the molecule is O=c1c2c(-c3ccc(F)cc3)csc2ncn1Cc1ccc2c(c1)OCO2. The van der Waals surface area contributed by atoms with Crippen LogP contribution < -0.4 is 15.0 Å². The van der Waals surface area contributed by atoms with Gasteiger partial charge in [0.15, 0.2) is 11.5 Å². The smallest absolute Gasteiger partial charge is 0.263 e. The molecule has 134 valence electrons. The Hall–Kier alpha value is -3.19. The molecule has 3 heterocycles. The van der Waals surface area contributed by atoms with Gasteiger partial charge in [0.1, 0.15) is 10.6 Å². The van der Waals surface area contributed by atoms with Crippen LogP contribution in [-0.2, 0) is 6.54 Å². The lowest BCUT2D eigenvalue weighted by Crippen LogP contribution is -2.20. The summed E-state index contributed by atoms with van der Waals surface area (Å²) < 4.78 is 25.5. The fraction of sp³-hybridized carbons (Fsp3) is 0.100. The minimum Gasteiger partial charge on any atom is -0.454 e. The second-order valence-electron chi connectivity index (χ2n) is 6.20. The van der Waals surface area contributed by atoms with E-state index in [-0.39, 0.29) is 18.2 Å². The van der Waals surface area contributed by atoms with Gasteiger partial charge in [0.25, 0.3) is 5.56 Å². The molecule has 0 fully saturated rings. The molecule has 0 atom stereocenters. The molecule has 0 N–H and O–H groups in total. The van der Waals surface area contributed by atoms with Crippen LogP contribution in [0.3, 0.4) is 0 Å². The van der Waals surface area contributed by atoms with Crippen LogP contribution in [0.5, 0.6) is 11.5 Å². The number of rotatable bonds is 3. The van der Waals surface area contributed by atoms with Crippen LogP contribution in [0.4, 0.5) is 4.39 Å². The van der Waals surface area contributed by atoms with Gasteiger partial charge >= 0.3 is 0 Å². The third-order valence-electron chi connectivity index (χ3n) is 4.51. The van der Waals surface area contributed by atoms with E-state index in [1.165, 1.54) is 23.5 Å². The van der Waals surface area contributed by atoms with Crippen molar-refractivity contribution >= 4 is 21.6 Å². The molecule has 7 heteroatoms. The molecule has 27 heavy (non-hydrogen) atoms. The van der Waals surface area contributed by atoms with Gasteiger partial charge in [0.2, 0.25) is 6.79 Å². The first-order chi connectivity index (χ1) is 13.2. The van der Waals surface area contributed by atoms with Crippen molar-refractivity contribution in [3.63, 3.8) is 0 Å². The third kappa shape index (κ3) is 2.76. The zero-order valence-electron chi connectivity index (χ0n) is 14.0. The third-order valence-corrected chi connectivity index (χ3v) is 5.39. The summed E-state index contributed by atoms with van der Waals surface area (Å²) in [6.45, 7) is 0.583. The summed E-state index contributed by atoms with van der Waals surface area (Å²) in [4.78, 5) is 18.2. The highest BCUT2D eigenvalue weighted by molar-refractivity contribution is 7.17. The maximum absolute atomic E-state index is 13.2. The Morgan fingerprint density at radius 2 is 1.93 bits per heavy atom. The number of hydrogen-bond acceptors (Lipinski definition) is 5. The molecule has 0 spiro atoms. The van der Waals surface area contributed by atoms with Crippen molar-refractivity contribution in [1.29, 1.82) is 0 Å². The number of hydrogen-bond donors (Lipinski definition) is 0. The summed E-state index contributed by atoms with van der Waals surface area (Å²) in [5.74, 6) is 1.07. The van der Waals surface area contributed by atoms with E-state index in [1.54, 1.807) is 23.0 Å². The number of thiophene rings is 1. The zero-order valence-corrected chi connectivity index (χ0v) is 14.8. The minimum atomic E-state index is -0.309. The number of fused-ring (bicyclic) bond motifs is 2. The fourth-order valence-electron chi connectivity index (χ4n) is 3.16. The van der Waals surface area contributed by atoms with Crippen molar-refractivity contribution in [1.82, 2.24) is 9.55 Å². The molecule has 1 aliphatic rings. The standard InChI is InChI=1S/C20H13FN2O3S/c21-14-4-2-13(3-5-14)15-9-27-19-18(15)20(24)23(10-22-19)8-12-1-6-16-17(7-12)26-11-25-16/h1-7,9-10H,8,11H2. The molecule has 0 bridgehead atoms. The van der Waals surface area contributed by atoms with E-state index >= 15 is 0 Å². The summed E-state index contributed by atoms with van der Waals surface area (Å²) in [6, 6.07) is 11.7. The Morgan fingerprint density at radius 1 is 1.11 bits per heavy atom. The summed E-state index contributed by atoms with van der Waals surface area (Å²) in [7, 11) is 0. The molecule has 0 radical (unpaired) electrons. The molecule has 0 amide bonds. The van der Waals surface area contributed by atoms with Crippen molar-refractivity contribution in [2.45, 2.75) is 6.54 Å². The van der Waals surface area contributed by atoms with Gasteiger partial charge in [-0.05, 0) is 35.4 Å². The van der Waals surface area contributed by atoms with Crippen LogP contribution in [0.25, 0.3) is 21.3 Å². The lowest BCUT2D eigenvalue weighted by Gasteiger charge is -2.07. The van der Waals surface area contributed by atoms with E-state index in [0.717, 1.165) is 16.7 Å². The zero-order chi connectivity index (χ0) is 18.4. The average Bonchev–Trinajstić information content (AvgIpc) is 3.31. The molecule has 5 nitrogen and oxygen atoms in total. The van der Waals surface area contributed by atoms with Crippen molar-refractivity contribution in [3.8, 4) is 22.6 Å². The molecule has 0 aliphatic carbocycles. The number of nitrogens with zero attached hydrogens (tertiary/aromatic N) is 2. The predicted octanol–water partition coefficient (Wildman–Crippen LogP) is 4.04. The Bertz CT molecular complexity index is 1210. The van der Waals surface area contributed by atoms with E-state index < -0.39 is 0 Å². The Balaban J connectivity index is 1.58. The van der Waals surface area contributed by atoms with Gasteiger partial charge in [-0.3, -0.25) is 9.36 Å². The molecular formula is C20H13FN2O3S. The highest BCUT2D eigenvalue weighted by Gasteiger charge is 2.16. The topological polar surface area (TPSA) is 53.4 Å². The quantitative estimate of drug-likeness (QED) is 0.538. The first kappa shape index (κ1) is 16.0. The Labute approximate surface area is 157 Å². The molecule has 2 aromatic carbocycles. The average molecular weight is 380 g/mol. The van der Waals surface area contributed by atoms with Gasteiger partial charge in [-0.2, -0.15) is 0 Å². The van der Waals surface area contributed by atoms with Crippen LogP contribution in [0.15, 0.2) is 59.0 Å². The first-order valence-electron chi connectivity index (χ1n) is 8.30. The van der Waals surface area contributed by atoms with E-state index in [9.17, 15) is 9.18 Å². The van der Waals surface area contributed by atoms with E-state index in [2.05, 4.69) is 4.98 Å². The maximum atomic E-state index is 13.2. The summed E-state index contributed by atoms with van der Waals surface area (Å²) in [6.07, 6.45) is 1.56. The second-order valence-corrected chi connectivity index (χ2v) is 7.06. The van der Waals surface area contributed by atoms with Gasteiger partial charge in [0, 0.05) is 10.9 Å². The van der Waals surface area contributed by atoms with Crippen LogP contribution >= 0.6 is 11.3 Å². The molecule has 0 saturated heterocycles. The van der Waals surface area contributed by atoms with E-state index in [0.29, 0.717) is 28.3 Å².